The van der Waals surface area contributed by atoms with E-state index in [9.17, 15) is 9.59 Å². The zero-order chi connectivity index (χ0) is 14.1. The number of carbonyl (C=O) groups excluding carboxylic acids is 1. The SMILES string of the molecule is O=C(O)c1ccc2c(c1)N(Cc1ccccc1)C(=O)C2. The molecule has 0 radical (unpaired) electrons. The second-order valence-corrected chi connectivity index (χ2v) is 4.79. The minimum absolute atomic E-state index is 0.00592. The summed E-state index contributed by atoms with van der Waals surface area (Å²) in [6.45, 7) is 0.468. The van der Waals surface area contributed by atoms with Crippen LogP contribution in [0.2, 0.25) is 0 Å². The Hall–Kier alpha value is -2.62. The summed E-state index contributed by atoms with van der Waals surface area (Å²) < 4.78 is 0. The van der Waals surface area contributed by atoms with Crippen molar-refractivity contribution in [3.8, 4) is 0 Å². The van der Waals surface area contributed by atoms with Crippen molar-refractivity contribution in [2.24, 2.45) is 0 Å². The summed E-state index contributed by atoms with van der Waals surface area (Å²) in [5.74, 6) is -0.974. The van der Waals surface area contributed by atoms with Crippen LogP contribution in [0, 0.1) is 0 Å². The molecule has 1 aliphatic heterocycles. The van der Waals surface area contributed by atoms with Crippen LogP contribution in [0.5, 0.6) is 0 Å². The standard InChI is InChI=1S/C16H13NO3/c18-15-9-12-6-7-13(16(19)20)8-14(12)17(15)10-11-4-2-1-3-5-11/h1-8H,9-10H2,(H,19,20). The van der Waals surface area contributed by atoms with E-state index < -0.39 is 5.97 Å². The minimum Gasteiger partial charge on any atom is -0.478 e. The molecule has 3 rings (SSSR count). The second-order valence-electron chi connectivity index (χ2n) is 4.79. The average Bonchev–Trinajstić information content (AvgIpc) is 2.75. The van der Waals surface area contributed by atoms with E-state index in [4.69, 9.17) is 5.11 Å². The smallest absolute Gasteiger partial charge is 0.335 e. The number of carbonyl (C=O) groups is 2. The molecule has 2 aromatic carbocycles. The van der Waals surface area contributed by atoms with Gasteiger partial charge in [-0.05, 0) is 23.3 Å². The largest absolute Gasteiger partial charge is 0.478 e. The van der Waals surface area contributed by atoms with E-state index in [2.05, 4.69) is 0 Å². The summed E-state index contributed by atoms with van der Waals surface area (Å²) in [4.78, 5) is 24.8. The van der Waals surface area contributed by atoms with Crippen molar-refractivity contribution < 1.29 is 14.7 Å². The highest BCUT2D eigenvalue weighted by Crippen LogP contribution is 2.31. The molecule has 1 heterocycles. The van der Waals surface area contributed by atoms with Gasteiger partial charge in [-0.15, -0.1) is 0 Å². The molecule has 100 valence electrons. The van der Waals surface area contributed by atoms with Crippen molar-refractivity contribution in [2.45, 2.75) is 13.0 Å². The molecule has 0 saturated carbocycles. The molecule has 4 nitrogen and oxygen atoms in total. The average molecular weight is 267 g/mol. The number of hydrogen-bond donors (Lipinski definition) is 1. The normalized spacial score (nSPS) is 13.4. The quantitative estimate of drug-likeness (QED) is 0.929. The van der Waals surface area contributed by atoms with Crippen molar-refractivity contribution in [3.05, 3.63) is 65.2 Å². The number of fused-ring (bicyclic) bond motifs is 1. The molecular formula is C16H13NO3. The zero-order valence-electron chi connectivity index (χ0n) is 10.7. The fraction of sp³-hybridized carbons (Fsp3) is 0.125. The third kappa shape index (κ3) is 2.16. The van der Waals surface area contributed by atoms with Gasteiger partial charge in [0.25, 0.3) is 0 Å². The number of carboxylic acids is 1. The third-order valence-electron chi connectivity index (χ3n) is 3.45. The van der Waals surface area contributed by atoms with Crippen molar-refractivity contribution in [1.29, 1.82) is 0 Å². The van der Waals surface area contributed by atoms with Gasteiger partial charge in [0.2, 0.25) is 5.91 Å². The predicted octanol–water partition coefficient (Wildman–Crippen LogP) is 2.47. The van der Waals surface area contributed by atoms with Gasteiger partial charge in [-0.3, -0.25) is 4.79 Å². The minimum atomic E-state index is -0.980. The molecule has 0 fully saturated rings. The number of hydrogen-bond acceptors (Lipinski definition) is 2. The number of carboxylic acid groups (broad SMARTS) is 1. The van der Waals surface area contributed by atoms with Gasteiger partial charge in [0.05, 0.1) is 18.5 Å². The lowest BCUT2D eigenvalue weighted by Gasteiger charge is -2.18. The van der Waals surface area contributed by atoms with Crippen LogP contribution >= 0.6 is 0 Å². The van der Waals surface area contributed by atoms with Crippen LogP contribution in [0.25, 0.3) is 0 Å². The highest BCUT2D eigenvalue weighted by atomic mass is 16.4. The highest BCUT2D eigenvalue weighted by Gasteiger charge is 2.28. The zero-order valence-corrected chi connectivity index (χ0v) is 10.7. The van der Waals surface area contributed by atoms with Gasteiger partial charge >= 0.3 is 5.97 Å². The van der Waals surface area contributed by atoms with Crippen molar-refractivity contribution in [3.63, 3.8) is 0 Å². The van der Waals surface area contributed by atoms with Gasteiger partial charge in [-0.25, -0.2) is 4.79 Å². The molecule has 0 aliphatic carbocycles. The lowest BCUT2D eigenvalue weighted by molar-refractivity contribution is -0.117. The Morgan fingerprint density at radius 2 is 1.90 bits per heavy atom. The Morgan fingerprint density at radius 3 is 2.60 bits per heavy atom. The Morgan fingerprint density at radius 1 is 1.15 bits per heavy atom. The van der Waals surface area contributed by atoms with Crippen molar-refractivity contribution >= 4 is 17.6 Å². The van der Waals surface area contributed by atoms with Crippen LogP contribution in [0.1, 0.15) is 21.5 Å². The molecule has 1 N–H and O–H groups in total. The Bertz CT molecular complexity index is 679. The van der Waals surface area contributed by atoms with Crippen LogP contribution in [0.15, 0.2) is 48.5 Å². The Kier molecular flexibility index (Phi) is 2.99. The van der Waals surface area contributed by atoms with E-state index >= 15 is 0 Å². The molecule has 1 aliphatic rings. The highest BCUT2D eigenvalue weighted by molar-refractivity contribution is 6.02. The van der Waals surface area contributed by atoms with Gasteiger partial charge in [-0.1, -0.05) is 36.4 Å². The number of nitrogens with zero attached hydrogens (tertiary/aromatic N) is 1. The molecule has 1 amide bonds. The summed E-state index contributed by atoms with van der Waals surface area (Å²) in [5, 5.41) is 9.05. The summed E-state index contributed by atoms with van der Waals surface area (Å²) in [6, 6.07) is 14.5. The molecule has 0 atom stereocenters. The summed E-state index contributed by atoms with van der Waals surface area (Å²) >= 11 is 0. The van der Waals surface area contributed by atoms with Gasteiger partial charge in [-0.2, -0.15) is 0 Å². The van der Waals surface area contributed by atoms with E-state index in [1.165, 1.54) is 0 Å². The van der Waals surface area contributed by atoms with Gasteiger partial charge < -0.3 is 10.0 Å². The van der Waals surface area contributed by atoms with Gasteiger partial charge in [0.1, 0.15) is 0 Å². The van der Waals surface area contributed by atoms with Crippen LogP contribution in [0.3, 0.4) is 0 Å². The third-order valence-corrected chi connectivity index (χ3v) is 3.45. The molecule has 0 spiro atoms. The molecule has 2 aromatic rings. The number of amides is 1. The fourth-order valence-corrected chi connectivity index (χ4v) is 2.43. The Labute approximate surface area is 116 Å². The van der Waals surface area contributed by atoms with Crippen LogP contribution in [-0.2, 0) is 17.8 Å². The summed E-state index contributed by atoms with van der Waals surface area (Å²) in [7, 11) is 0. The maximum absolute atomic E-state index is 12.1. The Balaban J connectivity index is 1.96. The molecule has 0 unspecified atom stereocenters. The molecular weight excluding hydrogens is 254 g/mol. The van der Waals surface area contributed by atoms with E-state index in [1.807, 2.05) is 30.3 Å². The molecule has 0 aromatic heterocycles. The summed E-state index contributed by atoms with van der Waals surface area (Å²) in [5.41, 5.74) is 2.82. The first kappa shape index (κ1) is 12.4. The number of benzene rings is 2. The molecule has 0 bridgehead atoms. The van der Waals surface area contributed by atoms with E-state index in [0.717, 1.165) is 11.1 Å². The maximum Gasteiger partial charge on any atom is 0.335 e. The van der Waals surface area contributed by atoms with E-state index in [1.54, 1.807) is 23.1 Å². The van der Waals surface area contributed by atoms with Gasteiger partial charge in [0, 0.05) is 5.69 Å². The summed E-state index contributed by atoms with van der Waals surface area (Å²) in [6.07, 6.45) is 0.335. The first-order valence-electron chi connectivity index (χ1n) is 6.35. The van der Waals surface area contributed by atoms with E-state index in [-0.39, 0.29) is 11.5 Å². The molecule has 0 saturated heterocycles. The van der Waals surface area contributed by atoms with Crippen molar-refractivity contribution in [1.82, 2.24) is 0 Å². The predicted molar refractivity (Wildman–Crippen MR) is 74.7 cm³/mol. The van der Waals surface area contributed by atoms with E-state index in [0.29, 0.717) is 18.7 Å². The monoisotopic (exact) mass is 267 g/mol. The van der Waals surface area contributed by atoms with Crippen LogP contribution in [-0.4, -0.2) is 17.0 Å². The first-order chi connectivity index (χ1) is 9.65. The van der Waals surface area contributed by atoms with Crippen LogP contribution in [0.4, 0.5) is 5.69 Å². The molecule has 20 heavy (non-hydrogen) atoms. The topological polar surface area (TPSA) is 57.6 Å². The second kappa shape index (κ2) is 4.81. The van der Waals surface area contributed by atoms with Gasteiger partial charge in [0.15, 0.2) is 0 Å². The number of aromatic carboxylic acids is 1. The lowest BCUT2D eigenvalue weighted by Crippen LogP contribution is -2.26. The van der Waals surface area contributed by atoms with Crippen molar-refractivity contribution in [2.75, 3.05) is 4.90 Å². The number of rotatable bonds is 3. The van der Waals surface area contributed by atoms with Crippen LogP contribution < -0.4 is 4.90 Å². The fourth-order valence-electron chi connectivity index (χ4n) is 2.43. The lowest BCUT2D eigenvalue weighted by atomic mass is 10.1. The maximum atomic E-state index is 12.1. The number of anilines is 1. The first-order valence-corrected chi connectivity index (χ1v) is 6.35. The molecule has 4 heteroatoms.